The van der Waals surface area contributed by atoms with Crippen LogP contribution in [-0.4, -0.2) is 25.4 Å². The average Bonchev–Trinajstić information content (AvgIpc) is 3.32. The van der Waals surface area contributed by atoms with Gasteiger partial charge in [-0.2, -0.15) is 0 Å². The van der Waals surface area contributed by atoms with Crippen molar-refractivity contribution in [1.29, 1.82) is 0 Å². The number of nitrogens with one attached hydrogen (secondary N) is 1. The van der Waals surface area contributed by atoms with E-state index in [0.29, 0.717) is 16.5 Å². The van der Waals surface area contributed by atoms with Crippen molar-refractivity contribution in [1.82, 2.24) is 19.6 Å². The Morgan fingerprint density at radius 3 is 2.36 bits per heavy atom. The third-order valence-corrected chi connectivity index (χ3v) is 5.83. The quantitative estimate of drug-likeness (QED) is 0.345. The summed E-state index contributed by atoms with van der Waals surface area (Å²) in [6.45, 7) is 0. The van der Waals surface area contributed by atoms with E-state index in [1.54, 1.807) is 0 Å². The number of ketones is 1. The first-order valence-electron chi connectivity index (χ1n) is 8.94. The van der Waals surface area contributed by atoms with E-state index in [0.717, 1.165) is 16.6 Å². The number of nitrogens with zero attached hydrogens (tertiary/aromatic N) is 3. The first-order valence-corrected chi connectivity index (χ1v) is 9.81. The van der Waals surface area contributed by atoms with Gasteiger partial charge in [0.2, 0.25) is 5.78 Å². The summed E-state index contributed by atoms with van der Waals surface area (Å²) in [5.74, 6) is 0.722. The zero-order chi connectivity index (χ0) is 18.9. The van der Waals surface area contributed by atoms with Crippen LogP contribution in [0.5, 0.6) is 0 Å². The van der Waals surface area contributed by atoms with Crippen molar-refractivity contribution < 1.29 is 4.79 Å². The maximum atomic E-state index is 13.3. The van der Waals surface area contributed by atoms with E-state index >= 15 is 0 Å². The molecule has 0 spiro atoms. The fourth-order valence-electron chi connectivity index (χ4n) is 3.28. The molecule has 1 atom stereocenters. The van der Waals surface area contributed by atoms with Crippen molar-refractivity contribution in [2.45, 2.75) is 10.4 Å². The van der Waals surface area contributed by atoms with Crippen molar-refractivity contribution in [3.05, 3.63) is 96.1 Å². The van der Waals surface area contributed by atoms with E-state index in [4.69, 9.17) is 0 Å². The van der Waals surface area contributed by atoms with Gasteiger partial charge in [-0.1, -0.05) is 84.6 Å². The Morgan fingerprint density at radius 2 is 1.57 bits per heavy atom. The highest BCUT2D eigenvalue weighted by molar-refractivity contribution is 8.00. The molecule has 5 nitrogen and oxygen atoms in total. The van der Waals surface area contributed by atoms with Crippen molar-refractivity contribution in [3.63, 3.8) is 0 Å². The number of hydrogen-bond acceptors (Lipinski definition) is 4. The topological polar surface area (TPSA) is 63.0 Å². The standard InChI is InChI=1S/C22H16N4OS/c27-19(15-9-3-1-4-10-15)20(16-11-5-2-6-12-16)28-22-25-24-21-23-17-13-7-8-14-18(17)26(21)22/h1-14,20H,(H,23,24). The molecule has 1 N–H and O–H groups in total. The van der Waals surface area contributed by atoms with Crippen LogP contribution in [0.2, 0.25) is 0 Å². The number of thioether (sulfide) groups is 1. The van der Waals surface area contributed by atoms with Gasteiger partial charge in [0.15, 0.2) is 10.9 Å². The van der Waals surface area contributed by atoms with E-state index in [2.05, 4.69) is 15.2 Å². The maximum absolute atomic E-state index is 13.3. The van der Waals surface area contributed by atoms with Crippen LogP contribution in [0.15, 0.2) is 90.1 Å². The molecule has 2 heterocycles. The van der Waals surface area contributed by atoms with E-state index in [9.17, 15) is 4.79 Å². The highest BCUT2D eigenvalue weighted by Crippen LogP contribution is 2.37. The minimum Gasteiger partial charge on any atom is -0.293 e. The van der Waals surface area contributed by atoms with Crippen molar-refractivity contribution in [2.24, 2.45) is 0 Å². The number of imidazole rings is 1. The van der Waals surface area contributed by atoms with Gasteiger partial charge in [-0.15, -0.1) is 5.10 Å². The second-order valence-corrected chi connectivity index (χ2v) is 7.48. The second kappa shape index (κ2) is 6.98. The summed E-state index contributed by atoms with van der Waals surface area (Å²) in [7, 11) is 0. The molecule has 0 saturated carbocycles. The molecule has 5 aromatic rings. The molecule has 5 rings (SSSR count). The zero-order valence-corrected chi connectivity index (χ0v) is 15.6. The summed E-state index contributed by atoms with van der Waals surface area (Å²) >= 11 is 1.43. The average molecular weight is 384 g/mol. The third-order valence-electron chi connectivity index (χ3n) is 4.63. The fraction of sp³-hybridized carbons (Fsp3) is 0.0455. The van der Waals surface area contributed by atoms with E-state index in [1.807, 2.05) is 89.3 Å². The van der Waals surface area contributed by atoms with Crippen molar-refractivity contribution in [2.75, 3.05) is 0 Å². The number of carbonyl (C=O) groups excluding carboxylic acids is 1. The van der Waals surface area contributed by atoms with Gasteiger partial charge < -0.3 is 0 Å². The molecule has 0 aliphatic rings. The van der Waals surface area contributed by atoms with Crippen molar-refractivity contribution >= 4 is 34.4 Å². The Hall–Kier alpha value is -3.38. The number of Topliss-reactive ketones (excluding diaryl/α,β-unsaturated/α-hetero) is 1. The Morgan fingerprint density at radius 1 is 0.893 bits per heavy atom. The highest BCUT2D eigenvalue weighted by Gasteiger charge is 2.26. The lowest BCUT2D eigenvalue weighted by molar-refractivity contribution is 0.0989. The fourth-order valence-corrected chi connectivity index (χ4v) is 4.42. The maximum Gasteiger partial charge on any atom is 0.231 e. The summed E-state index contributed by atoms with van der Waals surface area (Å²) in [5, 5.41) is 7.72. The summed E-state index contributed by atoms with van der Waals surface area (Å²) < 4.78 is 1.97. The third kappa shape index (κ3) is 2.88. The smallest absolute Gasteiger partial charge is 0.231 e. The Balaban J connectivity index is 1.61. The molecule has 0 radical (unpaired) electrons. The summed E-state index contributed by atoms with van der Waals surface area (Å²) in [5.41, 5.74) is 3.49. The van der Waals surface area contributed by atoms with Crippen molar-refractivity contribution in [3.8, 4) is 0 Å². The van der Waals surface area contributed by atoms with Crippen LogP contribution in [-0.2, 0) is 0 Å². The monoisotopic (exact) mass is 384 g/mol. The largest absolute Gasteiger partial charge is 0.293 e. The molecule has 0 amide bonds. The molecule has 6 heteroatoms. The van der Waals surface area contributed by atoms with Gasteiger partial charge in [-0.05, 0) is 17.7 Å². The molecule has 2 aromatic heterocycles. The van der Waals surface area contributed by atoms with Crippen LogP contribution in [0.4, 0.5) is 0 Å². The number of fused-ring (bicyclic) bond motifs is 3. The van der Waals surface area contributed by atoms with Gasteiger partial charge >= 0.3 is 0 Å². The SMILES string of the molecule is O=C(c1ccccc1)C(Sc1n[nH]c2nc3ccccc3n12)c1ccccc1. The van der Waals surface area contributed by atoms with E-state index in [1.165, 1.54) is 11.8 Å². The first-order chi connectivity index (χ1) is 13.8. The number of aromatic amines is 1. The number of para-hydroxylation sites is 2. The predicted octanol–water partition coefficient (Wildman–Crippen LogP) is 4.93. The summed E-state index contributed by atoms with van der Waals surface area (Å²) in [4.78, 5) is 17.9. The number of benzene rings is 3. The minimum atomic E-state index is -0.406. The van der Waals surface area contributed by atoms with E-state index < -0.39 is 5.25 Å². The Labute approximate surface area is 165 Å². The van der Waals surface area contributed by atoms with Crippen LogP contribution in [0.3, 0.4) is 0 Å². The molecule has 0 saturated heterocycles. The molecular formula is C22H16N4OS. The normalized spacial score (nSPS) is 12.4. The van der Waals surface area contributed by atoms with Gasteiger partial charge in [0.05, 0.1) is 11.0 Å². The van der Waals surface area contributed by atoms with Gasteiger partial charge in [0.25, 0.3) is 0 Å². The molecule has 1 unspecified atom stereocenters. The molecule has 0 fully saturated rings. The number of carbonyl (C=O) groups is 1. The Kier molecular flexibility index (Phi) is 4.18. The van der Waals surface area contributed by atoms with Crippen LogP contribution < -0.4 is 0 Å². The molecule has 28 heavy (non-hydrogen) atoms. The molecule has 0 bridgehead atoms. The molecular weight excluding hydrogens is 368 g/mol. The highest BCUT2D eigenvalue weighted by atomic mass is 32.2. The van der Waals surface area contributed by atoms with Gasteiger partial charge in [0, 0.05) is 5.56 Å². The number of rotatable bonds is 5. The van der Waals surface area contributed by atoms with Gasteiger partial charge in [-0.3, -0.25) is 9.20 Å². The summed E-state index contributed by atoms with van der Waals surface area (Å²) in [6, 6.07) is 27.1. The van der Waals surface area contributed by atoms with E-state index in [-0.39, 0.29) is 5.78 Å². The Bertz CT molecular complexity index is 1260. The minimum absolute atomic E-state index is 0.0531. The predicted molar refractivity (Wildman–Crippen MR) is 111 cm³/mol. The molecule has 0 aliphatic carbocycles. The number of hydrogen-bond donors (Lipinski definition) is 1. The van der Waals surface area contributed by atoms with Crippen LogP contribution in [0, 0.1) is 0 Å². The number of H-pyrrole nitrogens is 1. The lowest BCUT2D eigenvalue weighted by Crippen LogP contribution is -2.10. The molecule has 0 aliphatic heterocycles. The van der Waals surface area contributed by atoms with Crippen LogP contribution in [0.25, 0.3) is 16.8 Å². The summed E-state index contributed by atoms with van der Waals surface area (Å²) in [6.07, 6.45) is 0. The number of aromatic nitrogens is 4. The zero-order valence-electron chi connectivity index (χ0n) is 14.8. The lowest BCUT2D eigenvalue weighted by Gasteiger charge is -2.15. The van der Waals surface area contributed by atoms with Gasteiger partial charge in [0.1, 0.15) is 5.25 Å². The van der Waals surface area contributed by atoms with Gasteiger partial charge in [-0.25, -0.2) is 10.1 Å². The van der Waals surface area contributed by atoms with Crippen LogP contribution in [0.1, 0.15) is 21.2 Å². The van der Waals surface area contributed by atoms with Crippen LogP contribution >= 0.6 is 11.8 Å². The molecule has 136 valence electrons. The lowest BCUT2D eigenvalue weighted by atomic mass is 10.0. The first kappa shape index (κ1) is 16.8. The second-order valence-electron chi connectivity index (χ2n) is 6.40. The molecule has 3 aromatic carbocycles.